The number of nitrogens with one attached hydrogen (secondary N) is 1. The Morgan fingerprint density at radius 2 is 1.91 bits per heavy atom. The van der Waals surface area contributed by atoms with Gasteiger partial charge in [-0.15, -0.1) is 0 Å². The molecule has 0 fully saturated rings. The van der Waals surface area contributed by atoms with Crippen molar-refractivity contribution < 1.29 is 4.21 Å². The van der Waals surface area contributed by atoms with E-state index in [0.717, 1.165) is 12.0 Å². The highest BCUT2D eigenvalue weighted by Crippen LogP contribution is 2.26. The molecule has 0 spiro atoms. The van der Waals surface area contributed by atoms with Crippen molar-refractivity contribution in [3.05, 3.63) is 46.5 Å². The fourth-order valence-corrected chi connectivity index (χ4v) is 3.03. The van der Waals surface area contributed by atoms with Crippen LogP contribution >= 0.6 is 11.6 Å². The summed E-state index contributed by atoms with van der Waals surface area (Å²) < 4.78 is 15.5. The van der Waals surface area contributed by atoms with Crippen molar-refractivity contribution in [1.29, 1.82) is 0 Å². The first kappa shape index (κ1) is 19.4. The summed E-state index contributed by atoms with van der Waals surface area (Å²) in [5.41, 5.74) is 2.29. The normalized spacial score (nSPS) is 15.6. The zero-order chi connectivity index (χ0) is 16.8. The Kier molecular flexibility index (Phi) is 7.81. The number of hydrogen-bond donors (Lipinski definition) is 1. The average molecular weight is 342 g/mol. The lowest BCUT2D eigenvalue weighted by Gasteiger charge is -2.25. The second-order valence-corrected chi connectivity index (χ2v) is 9.01. The molecule has 4 heteroatoms. The zero-order valence-electron chi connectivity index (χ0n) is 14.3. The molecule has 0 radical (unpaired) electrons. The van der Waals surface area contributed by atoms with Gasteiger partial charge < -0.3 is 0 Å². The number of allylic oxidation sites excluding steroid dienone is 1. The van der Waals surface area contributed by atoms with Crippen molar-refractivity contribution in [3.63, 3.8) is 0 Å². The molecule has 1 aromatic carbocycles. The molecule has 0 saturated heterocycles. The highest BCUT2D eigenvalue weighted by molar-refractivity contribution is 7.84. The lowest BCUT2D eigenvalue weighted by atomic mass is 9.99. The SMILES string of the molecule is CCCC/C=C(/C)[C@@H](N[S@](=O)C(C)(C)C)c1ccc(Cl)cc1. The summed E-state index contributed by atoms with van der Waals surface area (Å²) >= 11 is 5.98. The number of hydrogen-bond acceptors (Lipinski definition) is 1. The Bertz CT molecular complexity index is 517. The summed E-state index contributed by atoms with van der Waals surface area (Å²) in [5, 5.41) is 0.715. The number of unbranched alkanes of at least 4 members (excludes halogenated alkanes) is 2. The minimum Gasteiger partial charge on any atom is -0.242 e. The average Bonchev–Trinajstić information content (AvgIpc) is 2.44. The maximum absolute atomic E-state index is 12.5. The maximum atomic E-state index is 12.5. The molecular weight excluding hydrogens is 314 g/mol. The standard InChI is InChI=1S/C18H28ClNOS/c1-6-7-8-9-14(2)17(20-22(21)18(3,4)5)15-10-12-16(19)13-11-15/h9-13,17,20H,6-8H2,1-5H3/b14-9-/t17-,22-/m1/s1. The first-order chi connectivity index (χ1) is 10.3. The Morgan fingerprint density at radius 3 is 2.41 bits per heavy atom. The van der Waals surface area contributed by atoms with E-state index in [1.54, 1.807) is 0 Å². The molecule has 0 aliphatic carbocycles. The van der Waals surface area contributed by atoms with Crippen molar-refractivity contribution in [1.82, 2.24) is 4.72 Å². The minimum absolute atomic E-state index is 0.0471. The first-order valence-electron chi connectivity index (χ1n) is 7.86. The van der Waals surface area contributed by atoms with Crippen LogP contribution in [-0.4, -0.2) is 8.96 Å². The Labute approximate surface area is 142 Å². The van der Waals surface area contributed by atoms with Gasteiger partial charge in [0.15, 0.2) is 0 Å². The van der Waals surface area contributed by atoms with Crippen LogP contribution < -0.4 is 4.72 Å². The van der Waals surface area contributed by atoms with E-state index in [0.29, 0.717) is 5.02 Å². The van der Waals surface area contributed by atoms with E-state index >= 15 is 0 Å². The van der Waals surface area contributed by atoms with Crippen LogP contribution in [0.4, 0.5) is 0 Å². The molecule has 1 rings (SSSR count). The van der Waals surface area contributed by atoms with Crippen molar-refractivity contribution >= 4 is 22.6 Å². The van der Waals surface area contributed by atoms with Crippen molar-refractivity contribution in [3.8, 4) is 0 Å². The minimum atomic E-state index is -1.12. The van der Waals surface area contributed by atoms with Gasteiger partial charge in [0.2, 0.25) is 0 Å². The molecule has 0 aromatic heterocycles. The lowest BCUT2D eigenvalue weighted by molar-refractivity contribution is 0.620. The third kappa shape index (κ3) is 6.23. The van der Waals surface area contributed by atoms with E-state index in [2.05, 4.69) is 24.6 Å². The van der Waals surface area contributed by atoms with Gasteiger partial charge >= 0.3 is 0 Å². The topological polar surface area (TPSA) is 29.1 Å². The summed E-state index contributed by atoms with van der Waals surface area (Å²) in [6.45, 7) is 10.2. The third-order valence-electron chi connectivity index (χ3n) is 3.46. The molecule has 1 N–H and O–H groups in total. The lowest BCUT2D eigenvalue weighted by Crippen LogP contribution is -2.36. The molecule has 0 saturated carbocycles. The van der Waals surface area contributed by atoms with Crippen LogP contribution in [0.2, 0.25) is 5.02 Å². The van der Waals surface area contributed by atoms with E-state index in [9.17, 15) is 4.21 Å². The van der Waals surface area contributed by atoms with Gasteiger partial charge in [-0.05, 0) is 51.8 Å². The molecule has 0 aliphatic rings. The van der Waals surface area contributed by atoms with Gasteiger partial charge in [0, 0.05) is 5.02 Å². The summed E-state index contributed by atoms with van der Waals surface area (Å²) in [6, 6.07) is 7.71. The molecule has 124 valence electrons. The summed E-state index contributed by atoms with van der Waals surface area (Å²) in [7, 11) is -1.12. The molecule has 1 aromatic rings. The molecular formula is C18H28ClNOS. The fraction of sp³-hybridized carbons (Fsp3) is 0.556. The molecule has 2 nitrogen and oxygen atoms in total. The summed E-state index contributed by atoms with van der Waals surface area (Å²) in [5.74, 6) is 0. The second-order valence-electron chi connectivity index (χ2n) is 6.57. The van der Waals surface area contributed by atoms with Crippen LogP contribution in [0, 0.1) is 0 Å². The predicted molar refractivity (Wildman–Crippen MR) is 98.5 cm³/mol. The zero-order valence-corrected chi connectivity index (χ0v) is 15.9. The molecule has 0 heterocycles. The fourth-order valence-electron chi connectivity index (χ4n) is 2.01. The van der Waals surface area contributed by atoms with Crippen molar-refractivity contribution in [2.45, 2.75) is 64.7 Å². The van der Waals surface area contributed by atoms with E-state index in [-0.39, 0.29) is 10.8 Å². The van der Waals surface area contributed by atoms with Crippen molar-refractivity contribution in [2.75, 3.05) is 0 Å². The van der Waals surface area contributed by atoms with Crippen LogP contribution in [0.3, 0.4) is 0 Å². The van der Waals surface area contributed by atoms with Crippen molar-refractivity contribution in [2.24, 2.45) is 0 Å². The van der Waals surface area contributed by atoms with E-state index < -0.39 is 11.0 Å². The summed E-state index contributed by atoms with van der Waals surface area (Å²) in [6.07, 6.45) is 5.65. The number of benzene rings is 1. The van der Waals surface area contributed by atoms with Crippen LogP contribution in [0.15, 0.2) is 35.9 Å². The van der Waals surface area contributed by atoms with Crippen LogP contribution in [0.5, 0.6) is 0 Å². The molecule has 0 aliphatic heterocycles. The Hall–Kier alpha value is -0.640. The smallest absolute Gasteiger partial charge is 0.0978 e. The largest absolute Gasteiger partial charge is 0.242 e. The van der Waals surface area contributed by atoms with Gasteiger partial charge in [0.1, 0.15) is 0 Å². The highest BCUT2D eigenvalue weighted by atomic mass is 35.5. The van der Waals surface area contributed by atoms with Gasteiger partial charge in [0.25, 0.3) is 0 Å². The second kappa shape index (κ2) is 8.85. The van der Waals surface area contributed by atoms with Crippen LogP contribution in [-0.2, 0) is 11.0 Å². The third-order valence-corrected chi connectivity index (χ3v) is 5.28. The molecule has 22 heavy (non-hydrogen) atoms. The molecule has 0 unspecified atom stereocenters. The van der Waals surface area contributed by atoms with Gasteiger partial charge in [0.05, 0.1) is 21.8 Å². The van der Waals surface area contributed by atoms with Crippen LogP contribution in [0.25, 0.3) is 0 Å². The molecule has 2 atom stereocenters. The maximum Gasteiger partial charge on any atom is 0.0978 e. The van der Waals surface area contributed by atoms with E-state index in [1.165, 1.54) is 18.4 Å². The Morgan fingerprint density at radius 1 is 1.32 bits per heavy atom. The monoisotopic (exact) mass is 341 g/mol. The molecule has 0 amide bonds. The quantitative estimate of drug-likeness (QED) is 0.509. The van der Waals surface area contributed by atoms with Gasteiger partial charge in [-0.2, -0.15) is 0 Å². The van der Waals surface area contributed by atoms with E-state index in [4.69, 9.17) is 11.6 Å². The summed E-state index contributed by atoms with van der Waals surface area (Å²) in [4.78, 5) is 0. The number of halogens is 1. The van der Waals surface area contributed by atoms with Gasteiger partial charge in [-0.3, -0.25) is 0 Å². The molecule has 0 bridgehead atoms. The van der Waals surface area contributed by atoms with E-state index in [1.807, 2.05) is 45.0 Å². The van der Waals surface area contributed by atoms with Crippen LogP contribution in [0.1, 0.15) is 65.5 Å². The highest BCUT2D eigenvalue weighted by Gasteiger charge is 2.24. The predicted octanol–water partition coefficient (Wildman–Crippen LogP) is 5.57. The number of rotatable bonds is 7. The van der Waals surface area contributed by atoms with Gasteiger partial charge in [-0.1, -0.05) is 55.1 Å². The Balaban J connectivity index is 3.02. The first-order valence-corrected chi connectivity index (χ1v) is 9.38. The van der Waals surface area contributed by atoms with Gasteiger partial charge in [-0.25, -0.2) is 8.93 Å².